The second-order valence-electron chi connectivity index (χ2n) is 11.5. The van der Waals surface area contributed by atoms with Gasteiger partial charge in [0.2, 0.25) is 5.78 Å². The molecule has 0 amide bonds. The molecule has 3 aliphatic rings. The number of anilines is 1. The van der Waals surface area contributed by atoms with E-state index in [0.717, 1.165) is 0 Å². The third kappa shape index (κ3) is 5.97. The van der Waals surface area contributed by atoms with Gasteiger partial charge in [-0.1, -0.05) is 12.1 Å². The average molecular weight is 655 g/mol. The van der Waals surface area contributed by atoms with Gasteiger partial charge >= 0.3 is 5.69 Å². The molecule has 1 fully saturated rings. The minimum absolute atomic E-state index is 0.0173. The fourth-order valence-electron chi connectivity index (χ4n) is 6.14. The van der Waals surface area contributed by atoms with Gasteiger partial charge in [-0.2, -0.15) is 4.98 Å². The Labute approximate surface area is 266 Å². The smallest absolute Gasteiger partial charge is 0.346 e. The van der Waals surface area contributed by atoms with E-state index in [0.29, 0.717) is 0 Å². The lowest BCUT2D eigenvalue weighted by Crippen LogP contribution is -2.53. The maximum Gasteiger partial charge on any atom is 0.346 e. The first kappa shape index (κ1) is 33.6. The molecule has 16 nitrogen and oxygen atoms in total. The summed E-state index contributed by atoms with van der Waals surface area (Å²) < 4.78 is 17.0. The number of Topliss-reactive ketones (excluding diaryl/α,β-unsaturated/α-hetero) is 1. The summed E-state index contributed by atoms with van der Waals surface area (Å²) in [6, 6.07) is 5.15. The summed E-state index contributed by atoms with van der Waals surface area (Å²) in [7, 11) is 1.32. The number of nitrogen functional groups attached to an aromatic ring is 1. The van der Waals surface area contributed by atoms with Crippen LogP contribution in [0, 0.1) is 0 Å². The molecule has 250 valence electrons. The summed E-state index contributed by atoms with van der Waals surface area (Å²) in [5.74, 6) is -3.53. The predicted octanol–water partition coefficient (Wildman–Crippen LogP) is -0.647. The minimum Gasteiger partial charge on any atom is -0.507 e. The number of carbonyl (C=O) groups excluding carboxylic acids is 3. The third-order valence-electron chi connectivity index (χ3n) is 8.50. The number of aliphatic hydroxyl groups excluding tert-OH is 2. The molecule has 0 unspecified atom stereocenters. The Bertz CT molecular complexity index is 1800. The molecule has 47 heavy (non-hydrogen) atoms. The SMILES string of the molecule is COc1cccc2c1C(=O)c1c(O)c3c(c(O)c1C2=O)C[C@@](O)(C(=O)CO)C[C@@H]3O[C@H]1C[C@H](N)[C@H](O)[C@H](C)O1.Nc1cc[nH]c(=O)n1. The van der Waals surface area contributed by atoms with Crippen LogP contribution in [-0.2, 0) is 20.7 Å². The number of aromatic amines is 1. The van der Waals surface area contributed by atoms with E-state index < -0.39 is 101 Å². The first-order valence-corrected chi connectivity index (χ1v) is 14.5. The summed E-state index contributed by atoms with van der Waals surface area (Å²) in [6.45, 7) is 0.560. The van der Waals surface area contributed by atoms with Crippen LogP contribution in [-0.4, -0.2) is 96.7 Å². The van der Waals surface area contributed by atoms with Crippen molar-refractivity contribution in [2.75, 3.05) is 19.5 Å². The molecule has 0 bridgehead atoms. The van der Waals surface area contributed by atoms with Crippen molar-refractivity contribution in [2.45, 2.75) is 62.4 Å². The largest absolute Gasteiger partial charge is 0.507 e. The second-order valence-corrected chi connectivity index (χ2v) is 11.5. The zero-order valence-electron chi connectivity index (χ0n) is 25.3. The van der Waals surface area contributed by atoms with Crippen LogP contribution in [0.2, 0.25) is 0 Å². The van der Waals surface area contributed by atoms with Crippen LogP contribution < -0.4 is 21.9 Å². The molecule has 6 atom stereocenters. The minimum atomic E-state index is -2.24. The predicted molar refractivity (Wildman–Crippen MR) is 161 cm³/mol. The van der Waals surface area contributed by atoms with Crippen molar-refractivity contribution in [3.63, 3.8) is 0 Å². The number of carbonyl (C=O) groups is 3. The van der Waals surface area contributed by atoms with Crippen LogP contribution in [0.15, 0.2) is 35.3 Å². The topological polar surface area (TPSA) is 278 Å². The number of ketones is 3. The van der Waals surface area contributed by atoms with Crippen molar-refractivity contribution >= 4 is 23.2 Å². The van der Waals surface area contributed by atoms with Gasteiger partial charge in [-0.25, -0.2) is 4.79 Å². The number of rotatable bonds is 5. The van der Waals surface area contributed by atoms with E-state index in [9.17, 15) is 44.7 Å². The van der Waals surface area contributed by atoms with E-state index >= 15 is 0 Å². The van der Waals surface area contributed by atoms with Crippen molar-refractivity contribution < 1.29 is 54.1 Å². The highest BCUT2D eigenvalue weighted by molar-refractivity contribution is 6.31. The van der Waals surface area contributed by atoms with E-state index in [1.165, 1.54) is 37.6 Å². The molecule has 1 saturated heterocycles. The quantitative estimate of drug-likeness (QED) is 0.124. The number of fused-ring (bicyclic) bond motifs is 3. The standard InChI is InChI=1S/C27H29NO11.C4H5N3O/c1-10-22(31)13(28)6-17(38-10)39-15-8-27(36,16(30)9-29)7-12-19(15)26(35)21-20(24(12)33)23(32)11-4-3-5-14(37-2)18(11)25(21)34;5-3-1-2-6-4(8)7-3/h3-5,10,13,15,17,22,29,31,33,35-36H,6-9,28H2,1-2H3;1-2H,(H3,5,6,7,8)/t10-,13-,15-,17-,22+,27-;/m0./s1. The molecule has 2 aliphatic carbocycles. The monoisotopic (exact) mass is 654 g/mol. The van der Waals surface area contributed by atoms with Crippen molar-refractivity contribution in [3.8, 4) is 17.2 Å². The van der Waals surface area contributed by atoms with Gasteiger partial charge in [0, 0.05) is 48.2 Å². The molecule has 2 aromatic carbocycles. The van der Waals surface area contributed by atoms with Crippen LogP contribution in [0.25, 0.3) is 0 Å². The summed E-state index contributed by atoms with van der Waals surface area (Å²) >= 11 is 0. The van der Waals surface area contributed by atoms with E-state index in [-0.39, 0.29) is 40.2 Å². The molecule has 2 heterocycles. The summed E-state index contributed by atoms with van der Waals surface area (Å²) in [5, 5.41) is 53.7. The molecule has 0 spiro atoms. The number of nitrogens with one attached hydrogen (secondary N) is 1. The van der Waals surface area contributed by atoms with E-state index in [1.807, 2.05) is 0 Å². The lowest BCUT2D eigenvalue weighted by molar-refractivity contribution is -0.247. The maximum absolute atomic E-state index is 13.6. The first-order chi connectivity index (χ1) is 22.2. The number of hydrogen-bond donors (Lipinski definition) is 8. The number of ether oxygens (including phenoxy) is 3. The number of phenolic OH excluding ortho intramolecular Hbond substituents is 2. The molecule has 3 aromatic rings. The first-order valence-electron chi connectivity index (χ1n) is 14.5. The van der Waals surface area contributed by atoms with E-state index in [4.69, 9.17) is 25.7 Å². The molecule has 0 saturated carbocycles. The number of H-pyrrole nitrogens is 1. The molecular weight excluding hydrogens is 620 g/mol. The Balaban J connectivity index is 0.000000474. The third-order valence-corrected chi connectivity index (χ3v) is 8.50. The Morgan fingerprint density at radius 1 is 1.13 bits per heavy atom. The lowest BCUT2D eigenvalue weighted by Gasteiger charge is -2.42. The number of aromatic hydroxyl groups is 2. The van der Waals surface area contributed by atoms with Crippen molar-refractivity contribution in [1.82, 2.24) is 9.97 Å². The van der Waals surface area contributed by atoms with Gasteiger partial charge in [-0.3, -0.25) is 14.4 Å². The average Bonchev–Trinajstić information content (AvgIpc) is 3.03. The Kier molecular flexibility index (Phi) is 9.18. The fraction of sp³-hybridized carbons (Fsp3) is 0.387. The molecule has 6 rings (SSSR count). The highest BCUT2D eigenvalue weighted by Gasteiger charge is 2.50. The molecule has 1 aliphatic heterocycles. The van der Waals surface area contributed by atoms with Gasteiger partial charge < -0.3 is 56.2 Å². The van der Waals surface area contributed by atoms with Gasteiger partial charge in [0.25, 0.3) is 0 Å². The van der Waals surface area contributed by atoms with Gasteiger partial charge in [-0.15, -0.1) is 0 Å². The highest BCUT2D eigenvalue weighted by Crippen LogP contribution is 2.52. The lowest BCUT2D eigenvalue weighted by atomic mass is 9.72. The molecular formula is C31H34N4O12. The number of phenols is 2. The van der Waals surface area contributed by atoms with Gasteiger partial charge in [0.15, 0.2) is 17.9 Å². The normalized spacial score (nSPS) is 26.3. The fourth-order valence-corrected chi connectivity index (χ4v) is 6.14. The number of nitrogens with zero attached hydrogens (tertiary/aromatic N) is 1. The molecule has 1 aromatic heterocycles. The Morgan fingerprint density at radius 3 is 2.43 bits per heavy atom. The van der Waals surface area contributed by atoms with E-state index in [1.54, 1.807) is 6.92 Å². The van der Waals surface area contributed by atoms with Crippen LogP contribution in [0.5, 0.6) is 17.2 Å². The van der Waals surface area contributed by atoms with Gasteiger partial charge in [-0.05, 0) is 19.1 Å². The molecule has 0 radical (unpaired) electrons. The van der Waals surface area contributed by atoms with Gasteiger partial charge in [0.05, 0.1) is 42.1 Å². The highest BCUT2D eigenvalue weighted by atomic mass is 16.7. The Morgan fingerprint density at radius 2 is 1.83 bits per heavy atom. The zero-order chi connectivity index (χ0) is 34.4. The van der Waals surface area contributed by atoms with Crippen LogP contribution in [0.3, 0.4) is 0 Å². The zero-order valence-corrected chi connectivity index (χ0v) is 25.3. The Hall–Kier alpha value is -4.71. The molecule has 16 heteroatoms. The number of aliphatic hydroxyl groups is 3. The number of methoxy groups -OCH3 is 1. The summed E-state index contributed by atoms with van der Waals surface area (Å²) in [4.78, 5) is 55.6. The van der Waals surface area contributed by atoms with E-state index in [2.05, 4.69) is 9.97 Å². The van der Waals surface area contributed by atoms with Crippen LogP contribution >= 0.6 is 0 Å². The number of hydrogen-bond acceptors (Lipinski definition) is 15. The number of aromatic nitrogens is 2. The number of nitrogens with two attached hydrogens (primary N) is 2. The van der Waals surface area contributed by atoms with Crippen molar-refractivity contribution in [3.05, 3.63) is 74.3 Å². The van der Waals surface area contributed by atoms with Crippen LogP contribution in [0.4, 0.5) is 5.82 Å². The molecule has 10 N–H and O–H groups in total. The maximum atomic E-state index is 13.6. The van der Waals surface area contributed by atoms with Gasteiger partial charge in [0.1, 0.15) is 35.3 Å². The summed E-state index contributed by atoms with van der Waals surface area (Å²) in [6.07, 6.45) is -3.67. The van der Waals surface area contributed by atoms with Crippen LogP contribution in [0.1, 0.15) is 68.8 Å². The number of benzene rings is 2. The second kappa shape index (κ2) is 12.8. The van der Waals surface area contributed by atoms with Crippen molar-refractivity contribution in [2.24, 2.45) is 5.73 Å². The van der Waals surface area contributed by atoms with Crippen molar-refractivity contribution in [1.29, 1.82) is 0 Å². The summed E-state index contributed by atoms with van der Waals surface area (Å²) in [5.41, 5.74) is 7.09.